The number of tetrazole rings is 1. The highest BCUT2D eigenvalue weighted by molar-refractivity contribution is 5.79. The minimum Gasteiger partial charge on any atom is -0.480 e. The highest BCUT2D eigenvalue weighted by Crippen LogP contribution is 2.20. The number of benzene rings is 2. The molecule has 0 spiro atoms. The van der Waals surface area contributed by atoms with E-state index in [-0.39, 0.29) is 12.2 Å². The highest BCUT2D eigenvalue weighted by Gasteiger charge is 2.18. The van der Waals surface area contributed by atoms with Crippen molar-refractivity contribution in [2.45, 2.75) is 32.6 Å². The Morgan fingerprint density at radius 1 is 0.906 bits per heavy atom. The number of fused-ring (bicyclic) bond motifs is 2. The molecule has 0 saturated carbocycles. The molecule has 11 heteroatoms. The molecular weight excluding hydrogens is 412 g/mol. The predicted molar refractivity (Wildman–Crippen MR) is 115 cm³/mol. The number of carboxylic acid groups (broad SMARTS) is 1. The van der Waals surface area contributed by atoms with Crippen LogP contribution in [0.15, 0.2) is 59.7 Å². The molecule has 3 aromatic heterocycles. The number of carboxylic acids is 1. The van der Waals surface area contributed by atoms with Crippen LogP contribution in [0, 0.1) is 0 Å². The van der Waals surface area contributed by atoms with E-state index in [1.165, 1.54) is 4.57 Å². The summed E-state index contributed by atoms with van der Waals surface area (Å²) >= 11 is 0. The van der Waals surface area contributed by atoms with E-state index in [1.807, 2.05) is 36.4 Å². The largest absolute Gasteiger partial charge is 0.480 e. The maximum absolute atomic E-state index is 13.1. The van der Waals surface area contributed by atoms with Crippen molar-refractivity contribution in [3.63, 3.8) is 0 Å². The minimum atomic E-state index is -1.06. The minimum absolute atomic E-state index is 0.228. The lowest BCUT2D eigenvalue weighted by atomic mass is 10.3. The lowest BCUT2D eigenvalue weighted by Crippen LogP contribution is -2.28. The van der Waals surface area contributed by atoms with Crippen molar-refractivity contribution in [3.8, 4) is 0 Å². The van der Waals surface area contributed by atoms with Crippen molar-refractivity contribution in [1.82, 2.24) is 38.9 Å². The van der Waals surface area contributed by atoms with E-state index in [1.54, 1.807) is 27.7 Å². The van der Waals surface area contributed by atoms with Gasteiger partial charge in [-0.05, 0) is 41.1 Å². The molecule has 0 aliphatic carbocycles. The first kappa shape index (κ1) is 19.7. The van der Waals surface area contributed by atoms with Crippen LogP contribution in [-0.4, -0.2) is 50.0 Å². The Labute approximate surface area is 181 Å². The Bertz CT molecular complexity index is 1460. The summed E-state index contributed by atoms with van der Waals surface area (Å²) in [6, 6.07) is 15.0. The molecule has 0 aliphatic rings. The van der Waals surface area contributed by atoms with Crippen LogP contribution >= 0.6 is 0 Å². The Morgan fingerprint density at radius 3 is 2.34 bits per heavy atom. The monoisotopic (exact) mass is 432 g/mol. The molecule has 1 N–H and O–H groups in total. The summed E-state index contributed by atoms with van der Waals surface area (Å²) in [5, 5.41) is 20.5. The molecule has 3 heterocycles. The Hall–Kier alpha value is -4.28. The van der Waals surface area contributed by atoms with Crippen molar-refractivity contribution in [3.05, 3.63) is 71.2 Å². The zero-order valence-electron chi connectivity index (χ0n) is 17.1. The van der Waals surface area contributed by atoms with Crippen molar-refractivity contribution >= 4 is 28.0 Å². The van der Waals surface area contributed by atoms with Gasteiger partial charge in [0.25, 0.3) is 0 Å². The Balaban J connectivity index is 1.54. The third-order valence-electron chi connectivity index (χ3n) is 5.41. The molecule has 5 aromatic rings. The van der Waals surface area contributed by atoms with Crippen LogP contribution in [0.3, 0.4) is 0 Å². The fourth-order valence-electron chi connectivity index (χ4n) is 4.02. The van der Waals surface area contributed by atoms with E-state index in [9.17, 15) is 14.7 Å². The molecule has 5 rings (SSSR count). The number of hydrogen-bond donors (Lipinski definition) is 1. The molecule has 0 amide bonds. The molecule has 162 valence electrons. The summed E-state index contributed by atoms with van der Waals surface area (Å²) in [4.78, 5) is 29.2. The summed E-state index contributed by atoms with van der Waals surface area (Å²) in [7, 11) is 0. The van der Waals surface area contributed by atoms with Crippen LogP contribution < -0.4 is 5.69 Å². The van der Waals surface area contributed by atoms with Crippen molar-refractivity contribution in [2.75, 3.05) is 0 Å². The molecule has 0 unspecified atom stereocenters. The average Bonchev–Trinajstić information content (AvgIpc) is 3.49. The van der Waals surface area contributed by atoms with Gasteiger partial charge < -0.3 is 9.67 Å². The second kappa shape index (κ2) is 8.10. The van der Waals surface area contributed by atoms with Gasteiger partial charge in [0.2, 0.25) is 0 Å². The van der Waals surface area contributed by atoms with Gasteiger partial charge in [-0.2, -0.15) is 0 Å². The number of hydrogen-bond acceptors (Lipinski definition) is 6. The molecule has 0 radical (unpaired) electrons. The molecule has 0 saturated heterocycles. The number of nitrogens with zero attached hydrogens (tertiary/aromatic N) is 8. The molecular formula is C21H20N8O3. The SMILES string of the molecule is O=C(O)Cn1c(=O)n(Cc2nc3ccccc3n2CCCn2cnnn2)c2ccccc21. The molecule has 32 heavy (non-hydrogen) atoms. The fraction of sp³-hybridized carbons (Fsp3) is 0.238. The molecule has 2 aromatic carbocycles. The van der Waals surface area contributed by atoms with Gasteiger partial charge in [0, 0.05) is 13.1 Å². The zero-order valence-corrected chi connectivity index (χ0v) is 17.1. The van der Waals surface area contributed by atoms with Gasteiger partial charge in [-0.1, -0.05) is 24.3 Å². The Morgan fingerprint density at radius 2 is 1.62 bits per heavy atom. The highest BCUT2D eigenvalue weighted by atomic mass is 16.4. The number of aliphatic carboxylic acids is 1. The van der Waals surface area contributed by atoms with E-state index in [2.05, 4.69) is 20.1 Å². The summed E-state index contributed by atoms with van der Waals surface area (Å²) in [5.74, 6) is -0.340. The maximum atomic E-state index is 13.1. The number of aromatic nitrogens is 8. The summed E-state index contributed by atoms with van der Waals surface area (Å²) in [5.41, 5.74) is 2.70. The summed E-state index contributed by atoms with van der Waals surface area (Å²) < 4.78 is 6.62. The van der Waals surface area contributed by atoms with Gasteiger partial charge in [-0.25, -0.2) is 14.5 Å². The van der Waals surface area contributed by atoms with E-state index in [4.69, 9.17) is 4.98 Å². The van der Waals surface area contributed by atoms with Gasteiger partial charge in [0.15, 0.2) is 0 Å². The first-order valence-electron chi connectivity index (χ1n) is 10.2. The number of carbonyl (C=O) groups is 1. The molecule has 11 nitrogen and oxygen atoms in total. The van der Waals surface area contributed by atoms with E-state index >= 15 is 0 Å². The van der Waals surface area contributed by atoms with E-state index in [0.29, 0.717) is 24.1 Å². The van der Waals surface area contributed by atoms with Crippen LogP contribution in [0.5, 0.6) is 0 Å². The quantitative estimate of drug-likeness (QED) is 0.392. The first-order valence-corrected chi connectivity index (χ1v) is 10.2. The number of aryl methyl sites for hydroxylation is 2. The molecule has 0 atom stereocenters. The van der Waals surface area contributed by atoms with Gasteiger partial charge in [0.1, 0.15) is 18.7 Å². The average molecular weight is 432 g/mol. The second-order valence-electron chi connectivity index (χ2n) is 7.43. The lowest BCUT2D eigenvalue weighted by Gasteiger charge is -2.10. The number of imidazole rings is 2. The van der Waals surface area contributed by atoms with Crippen molar-refractivity contribution in [2.24, 2.45) is 0 Å². The van der Waals surface area contributed by atoms with Crippen molar-refractivity contribution in [1.29, 1.82) is 0 Å². The maximum Gasteiger partial charge on any atom is 0.330 e. The normalized spacial score (nSPS) is 11.5. The topological polar surface area (TPSA) is 126 Å². The van der Waals surface area contributed by atoms with Crippen molar-refractivity contribution < 1.29 is 9.90 Å². The standard InChI is InChI=1S/C21H20N8O3/c30-20(31)13-29-18-9-4-3-8-17(18)28(21(29)32)12-19-23-15-6-1-2-7-16(15)27(19)11-5-10-26-14-22-24-25-26/h1-4,6-9,14H,5,10-13H2,(H,30,31). The fourth-order valence-corrected chi connectivity index (χ4v) is 4.02. The second-order valence-corrected chi connectivity index (χ2v) is 7.43. The summed E-state index contributed by atoms with van der Waals surface area (Å²) in [6.07, 6.45) is 2.35. The third kappa shape index (κ3) is 3.53. The number of para-hydroxylation sites is 4. The molecule has 0 bridgehead atoms. The smallest absolute Gasteiger partial charge is 0.330 e. The third-order valence-corrected chi connectivity index (χ3v) is 5.41. The molecule has 0 aliphatic heterocycles. The number of rotatable bonds is 8. The van der Waals surface area contributed by atoms with Gasteiger partial charge in [-0.15, -0.1) is 5.10 Å². The molecule has 0 fully saturated rings. The Kier molecular flexibility index (Phi) is 4.98. The van der Waals surface area contributed by atoms with Crippen LogP contribution in [0.4, 0.5) is 0 Å². The zero-order chi connectivity index (χ0) is 22.1. The first-order chi connectivity index (χ1) is 15.6. The van der Waals surface area contributed by atoms with Gasteiger partial charge in [-0.3, -0.25) is 13.9 Å². The lowest BCUT2D eigenvalue weighted by molar-refractivity contribution is -0.137. The van der Waals surface area contributed by atoms with E-state index in [0.717, 1.165) is 23.3 Å². The van der Waals surface area contributed by atoms with Gasteiger partial charge in [0.05, 0.1) is 28.6 Å². The van der Waals surface area contributed by atoms with E-state index < -0.39 is 12.5 Å². The van der Waals surface area contributed by atoms with Crippen LogP contribution in [0.25, 0.3) is 22.1 Å². The van der Waals surface area contributed by atoms with Crippen LogP contribution in [0.1, 0.15) is 12.2 Å². The predicted octanol–water partition coefficient (Wildman–Crippen LogP) is 1.36. The van der Waals surface area contributed by atoms with Crippen LogP contribution in [0.2, 0.25) is 0 Å². The van der Waals surface area contributed by atoms with Gasteiger partial charge >= 0.3 is 11.7 Å². The van der Waals surface area contributed by atoms with Crippen LogP contribution in [-0.2, 0) is 31.0 Å². The summed E-state index contributed by atoms with van der Waals surface area (Å²) in [6.45, 7) is 1.15.